The van der Waals surface area contributed by atoms with Gasteiger partial charge in [-0.15, -0.1) is 0 Å². The summed E-state index contributed by atoms with van der Waals surface area (Å²) in [6, 6.07) is 3.73. The van der Waals surface area contributed by atoms with E-state index >= 15 is 0 Å². The molecule has 1 aromatic carbocycles. The number of non-ortho nitro benzene ring substituents is 1. The van der Waals surface area contributed by atoms with Crippen LogP contribution >= 0.6 is 0 Å². The minimum Gasteiger partial charge on any atom is -0.478 e. The summed E-state index contributed by atoms with van der Waals surface area (Å²) in [6.07, 6.45) is 4.22. The molecule has 0 amide bonds. The van der Waals surface area contributed by atoms with Crippen molar-refractivity contribution in [3.05, 3.63) is 33.9 Å². The third-order valence-corrected chi connectivity index (χ3v) is 2.79. The summed E-state index contributed by atoms with van der Waals surface area (Å²) in [6.45, 7) is 2.72. The van der Waals surface area contributed by atoms with Gasteiger partial charge in [-0.25, -0.2) is 4.79 Å². The van der Waals surface area contributed by atoms with Gasteiger partial charge in [-0.2, -0.15) is 0 Å². The molecule has 0 radical (unpaired) electrons. The van der Waals surface area contributed by atoms with Gasteiger partial charge in [0.2, 0.25) is 0 Å². The number of benzene rings is 1. The van der Waals surface area contributed by atoms with Gasteiger partial charge >= 0.3 is 5.97 Å². The molecule has 0 heterocycles. The van der Waals surface area contributed by atoms with Crippen molar-refractivity contribution in [1.29, 1.82) is 0 Å². The van der Waals surface area contributed by atoms with Gasteiger partial charge in [0.1, 0.15) is 0 Å². The lowest BCUT2D eigenvalue weighted by atomic mass is 10.1. The van der Waals surface area contributed by atoms with Gasteiger partial charge < -0.3 is 10.4 Å². The van der Waals surface area contributed by atoms with Crippen molar-refractivity contribution in [3.8, 4) is 0 Å². The Bertz CT molecular complexity index is 460. The molecule has 19 heavy (non-hydrogen) atoms. The fraction of sp³-hybridized carbons (Fsp3) is 0.462. The van der Waals surface area contributed by atoms with E-state index in [1.54, 1.807) is 0 Å². The fourth-order valence-electron chi connectivity index (χ4n) is 1.75. The molecular formula is C13H18N2O4. The third-order valence-electron chi connectivity index (χ3n) is 2.79. The van der Waals surface area contributed by atoms with Crippen LogP contribution in [0.5, 0.6) is 0 Å². The number of hydrogen-bond donors (Lipinski definition) is 2. The number of carboxylic acid groups (broad SMARTS) is 1. The third kappa shape index (κ3) is 4.57. The lowest BCUT2D eigenvalue weighted by Crippen LogP contribution is -2.08. The fourth-order valence-corrected chi connectivity index (χ4v) is 1.75. The molecular weight excluding hydrogens is 248 g/mol. The molecule has 0 aliphatic heterocycles. The number of anilines is 1. The summed E-state index contributed by atoms with van der Waals surface area (Å²) in [5, 5.41) is 22.7. The number of nitrogens with one attached hydrogen (secondary N) is 1. The van der Waals surface area contributed by atoms with Gasteiger partial charge in [0.05, 0.1) is 16.2 Å². The van der Waals surface area contributed by atoms with Crippen LogP contribution in [0.4, 0.5) is 11.4 Å². The molecule has 0 unspecified atom stereocenters. The molecule has 0 atom stereocenters. The lowest BCUT2D eigenvalue weighted by Gasteiger charge is -2.09. The molecule has 0 saturated carbocycles. The van der Waals surface area contributed by atoms with Crippen molar-refractivity contribution in [2.24, 2.45) is 0 Å². The van der Waals surface area contributed by atoms with Crippen molar-refractivity contribution < 1.29 is 14.8 Å². The van der Waals surface area contributed by atoms with Crippen LogP contribution in [0, 0.1) is 10.1 Å². The monoisotopic (exact) mass is 266 g/mol. The van der Waals surface area contributed by atoms with Crippen LogP contribution in [0.1, 0.15) is 43.0 Å². The maximum absolute atomic E-state index is 11.0. The van der Waals surface area contributed by atoms with E-state index in [4.69, 9.17) is 5.11 Å². The Balaban J connectivity index is 2.74. The van der Waals surface area contributed by atoms with Gasteiger partial charge in [-0.05, 0) is 12.5 Å². The first-order valence-corrected chi connectivity index (χ1v) is 6.32. The second-order valence-electron chi connectivity index (χ2n) is 4.28. The number of nitro groups is 1. The first-order chi connectivity index (χ1) is 9.06. The molecule has 0 aliphatic carbocycles. The molecule has 2 N–H and O–H groups in total. The molecule has 0 spiro atoms. The van der Waals surface area contributed by atoms with Crippen LogP contribution < -0.4 is 5.32 Å². The number of carboxylic acids is 1. The largest absolute Gasteiger partial charge is 0.478 e. The number of nitrogens with zero attached hydrogens (tertiary/aromatic N) is 1. The molecule has 6 nitrogen and oxygen atoms in total. The van der Waals surface area contributed by atoms with Crippen molar-refractivity contribution >= 4 is 17.3 Å². The Labute approximate surface area is 111 Å². The van der Waals surface area contributed by atoms with Crippen molar-refractivity contribution in [3.63, 3.8) is 0 Å². The van der Waals surface area contributed by atoms with Gasteiger partial charge in [0.25, 0.3) is 5.69 Å². The van der Waals surface area contributed by atoms with Crippen LogP contribution in [-0.4, -0.2) is 22.5 Å². The van der Waals surface area contributed by atoms with Crippen molar-refractivity contribution in [1.82, 2.24) is 0 Å². The quantitative estimate of drug-likeness (QED) is 0.428. The van der Waals surface area contributed by atoms with Gasteiger partial charge in [0.15, 0.2) is 0 Å². The minimum absolute atomic E-state index is 0.0566. The van der Waals surface area contributed by atoms with Crippen LogP contribution in [0.25, 0.3) is 0 Å². The second-order valence-corrected chi connectivity index (χ2v) is 4.28. The number of unbranched alkanes of at least 4 members (excludes halogenated alkanes) is 3. The number of aromatic carboxylic acids is 1. The van der Waals surface area contributed by atoms with E-state index in [0.29, 0.717) is 12.2 Å². The predicted molar refractivity (Wildman–Crippen MR) is 72.7 cm³/mol. The van der Waals surface area contributed by atoms with Gasteiger partial charge in [-0.1, -0.05) is 26.2 Å². The summed E-state index contributed by atoms with van der Waals surface area (Å²) in [4.78, 5) is 21.2. The van der Waals surface area contributed by atoms with E-state index < -0.39 is 10.9 Å². The highest BCUT2D eigenvalue weighted by atomic mass is 16.6. The minimum atomic E-state index is -1.09. The van der Waals surface area contributed by atoms with Crippen LogP contribution in [0.3, 0.4) is 0 Å². The standard InChI is InChI=1S/C13H18N2O4/c1-2-3-4-5-8-14-12-9-10(15(18)19)6-7-11(12)13(16)17/h6-7,9,14H,2-5,8H2,1H3,(H,16,17). The van der Waals surface area contributed by atoms with Gasteiger partial charge in [0, 0.05) is 18.7 Å². The van der Waals surface area contributed by atoms with E-state index in [9.17, 15) is 14.9 Å². The Morgan fingerprint density at radius 1 is 1.37 bits per heavy atom. The summed E-state index contributed by atoms with van der Waals surface area (Å²) < 4.78 is 0. The normalized spacial score (nSPS) is 10.2. The molecule has 0 aromatic heterocycles. The second kappa shape index (κ2) is 7.35. The highest BCUT2D eigenvalue weighted by molar-refractivity contribution is 5.94. The zero-order valence-electron chi connectivity index (χ0n) is 10.9. The average molecular weight is 266 g/mol. The van der Waals surface area contributed by atoms with E-state index in [2.05, 4.69) is 12.2 Å². The average Bonchev–Trinajstić information content (AvgIpc) is 2.38. The summed E-state index contributed by atoms with van der Waals surface area (Å²) in [5.74, 6) is -1.09. The first-order valence-electron chi connectivity index (χ1n) is 6.32. The zero-order valence-corrected chi connectivity index (χ0v) is 10.9. The Morgan fingerprint density at radius 3 is 2.68 bits per heavy atom. The Kier molecular flexibility index (Phi) is 5.78. The molecule has 0 bridgehead atoms. The van der Waals surface area contributed by atoms with E-state index in [-0.39, 0.29) is 11.3 Å². The van der Waals surface area contributed by atoms with E-state index in [0.717, 1.165) is 25.7 Å². The molecule has 0 saturated heterocycles. The molecule has 0 aliphatic rings. The van der Waals surface area contributed by atoms with Crippen molar-refractivity contribution in [2.45, 2.75) is 32.6 Å². The maximum Gasteiger partial charge on any atom is 0.337 e. The Hall–Kier alpha value is -2.11. The first kappa shape index (κ1) is 14.9. The van der Waals surface area contributed by atoms with Crippen molar-refractivity contribution in [2.75, 3.05) is 11.9 Å². The van der Waals surface area contributed by atoms with Crippen LogP contribution in [-0.2, 0) is 0 Å². The summed E-state index contributed by atoms with van der Waals surface area (Å²) in [5.41, 5.74) is 0.250. The summed E-state index contributed by atoms with van der Waals surface area (Å²) >= 11 is 0. The van der Waals surface area contributed by atoms with E-state index in [1.165, 1.54) is 18.2 Å². The smallest absolute Gasteiger partial charge is 0.337 e. The highest BCUT2D eigenvalue weighted by Crippen LogP contribution is 2.22. The maximum atomic E-state index is 11.0. The topological polar surface area (TPSA) is 92.5 Å². The Morgan fingerprint density at radius 2 is 2.11 bits per heavy atom. The van der Waals surface area contributed by atoms with Gasteiger partial charge in [-0.3, -0.25) is 10.1 Å². The van der Waals surface area contributed by atoms with Crippen LogP contribution in [0.15, 0.2) is 18.2 Å². The molecule has 1 rings (SSSR count). The molecule has 0 fully saturated rings. The summed E-state index contributed by atoms with van der Waals surface area (Å²) in [7, 11) is 0. The molecule has 6 heteroatoms. The number of nitro benzene ring substituents is 1. The number of carbonyl (C=O) groups is 1. The lowest BCUT2D eigenvalue weighted by molar-refractivity contribution is -0.384. The number of rotatable bonds is 8. The highest BCUT2D eigenvalue weighted by Gasteiger charge is 2.14. The van der Waals surface area contributed by atoms with Crippen LogP contribution in [0.2, 0.25) is 0 Å². The zero-order chi connectivity index (χ0) is 14.3. The molecule has 104 valence electrons. The van der Waals surface area contributed by atoms with E-state index in [1.807, 2.05) is 0 Å². The molecule has 1 aromatic rings. The predicted octanol–water partition coefficient (Wildman–Crippen LogP) is 3.29. The SMILES string of the molecule is CCCCCCNc1cc([N+](=O)[O-])ccc1C(=O)O. The number of hydrogen-bond acceptors (Lipinski definition) is 4.